The summed E-state index contributed by atoms with van der Waals surface area (Å²) in [6.07, 6.45) is 7.47. The Bertz CT molecular complexity index is 327. The van der Waals surface area contributed by atoms with Gasteiger partial charge in [0.15, 0.2) is 0 Å². The predicted molar refractivity (Wildman–Crippen MR) is 59.8 cm³/mol. The molecule has 2 N–H and O–H groups in total. The van der Waals surface area contributed by atoms with Crippen molar-refractivity contribution in [2.45, 2.75) is 32.3 Å². The van der Waals surface area contributed by atoms with Gasteiger partial charge in [-0.2, -0.15) is 0 Å². The first-order valence-electron chi connectivity index (χ1n) is 5.58. The molecule has 0 radical (unpaired) electrons. The highest BCUT2D eigenvalue weighted by Crippen LogP contribution is 2.29. The van der Waals surface area contributed by atoms with Crippen LogP contribution in [0.25, 0.3) is 0 Å². The van der Waals surface area contributed by atoms with E-state index in [1.54, 1.807) is 6.20 Å². The van der Waals surface area contributed by atoms with Crippen molar-refractivity contribution in [1.29, 1.82) is 0 Å². The molecule has 1 heterocycles. The first kappa shape index (κ1) is 10.4. The molecule has 0 spiro atoms. The third-order valence-corrected chi connectivity index (χ3v) is 3.14. The molecule has 2 rings (SSSR count). The van der Waals surface area contributed by atoms with Crippen LogP contribution < -0.4 is 10.5 Å². The third-order valence-electron chi connectivity index (χ3n) is 3.14. The summed E-state index contributed by atoms with van der Waals surface area (Å²) in [5.74, 6) is 1.48. The molecule has 82 valence electrons. The number of ether oxygens (including phenoxy) is 1. The Kier molecular flexibility index (Phi) is 3.21. The van der Waals surface area contributed by atoms with E-state index >= 15 is 0 Å². The zero-order valence-corrected chi connectivity index (χ0v) is 9.15. The molecular weight excluding hydrogens is 188 g/mol. The average Bonchev–Trinajstić information content (AvgIpc) is 2.69. The Balaban J connectivity index is 2.05. The first-order chi connectivity index (χ1) is 7.31. The molecule has 1 aliphatic carbocycles. The second-order valence-corrected chi connectivity index (χ2v) is 4.22. The van der Waals surface area contributed by atoms with Crippen LogP contribution in [0.5, 0.6) is 5.75 Å². The quantitative estimate of drug-likeness (QED) is 0.821. The molecule has 0 saturated heterocycles. The number of aromatic nitrogens is 1. The van der Waals surface area contributed by atoms with Crippen LogP contribution in [-0.2, 0) is 0 Å². The number of nitrogens with two attached hydrogens (primary N) is 1. The zero-order chi connectivity index (χ0) is 10.7. The van der Waals surface area contributed by atoms with Gasteiger partial charge in [-0.1, -0.05) is 0 Å². The fourth-order valence-corrected chi connectivity index (χ4v) is 2.18. The fraction of sp³-hybridized carbons (Fsp3) is 0.583. The summed E-state index contributed by atoms with van der Waals surface area (Å²) in [5.41, 5.74) is 6.82. The van der Waals surface area contributed by atoms with Crippen LogP contribution in [-0.4, -0.2) is 17.6 Å². The third kappa shape index (κ3) is 2.29. The second-order valence-electron chi connectivity index (χ2n) is 4.22. The molecule has 0 aromatic carbocycles. The van der Waals surface area contributed by atoms with Crippen LogP contribution in [0.1, 0.15) is 24.8 Å². The van der Waals surface area contributed by atoms with E-state index in [4.69, 9.17) is 10.5 Å². The summed E-state index contributed by atoms with van der Waals surface area (Å²) < 4.78 is 5.99. The number of aryl methyl sites for hydroxylation is 1. The lowest BCUT2D eigenvalue weighted by Gasteiger charge is -2.20. The van der Waals surface area contributed by atoms with Crippen molar-refractivity contribution in [3.63, 3.8) is 0 Å². The molecule has 15 heavy (non-hydrogen) atoms. The van der Waals surface area contributed by atoms with Gasteiger partial charge in [-0.15, -0.1) is 0 Å². The standard InChI is InChI=1S/C12H18N2O/c1-9-8-14-6-5-11(9)15-12-4-2-3-10(12)7-13/h5-6,8,10,12H,2-4,7,13H2,1H3. The van der Waals surface area contributed by atoms with E-state index in [-0.39, 0.29) is 0 Å². The molecule has 2 unspecified atom stereocenters. The fourth-order valence-electron chi connectivity index (χ4n) is 2.18. The maximum atomic E-state index is 5.99. The van der Waals surface area contributed by atoms with E-state index in [2.05, 4.69) is 4.98 Å². The second kappa shape index (κ2) is 4.62. The van der Waals surface area contributed by atoms with Crippen molar-refractivity contribution in [2.75, 3.05) is 6.54 Å². The van der Waals surface area contributed by atoms with Gasteiger partial charge in [0.05, 0.1) is 0 Å². The normalized spacial score (nSPS) is 25.5. The van der Waals surface area contributed by atoms with Crippen molar-refractivity contribution >= 4 is 0 Å². The van der Waals surface area contributed by atoms with E-state index in [1.807, 2.05) is 19.2 Å². The highest BCUT2D eigenvalue weighted by Gasteiger charge is 2.27. The van der Waals surface area contributed by atoms with Crippen LogP contribution in [0.4, 0.5) is 0 Å². The van der Waals surface area contributed by atoms with Gasteiger partial charge in [-0.25, -0.2) is 0 Å². The van der Waals surface area contributed by atoms with Crippen molar-refractivity contribution in [3.8, 4) is 5.75 Å². The highest BCUT2D eigenvalue weighted by molar-refractivity contribution is 5.28. The lowest BCUT2D eigenvalue weighted by Crippen LogP contribution is -2.27. The van der Waals surface area contributed by atoms with Crippen molar-refractivity contribution in [2.24, 2.45) is 11.7 Å². The molecule has 0 aliphatic heterocycles. The lowest BCUT2D eigenvalue weighted by molar-refractivity contribution is 0.161. The highest BCUT2D eigenvalue weighted by atomic mass is 16.5. The van der Waals surface area contributed by atoms with Gasteiger partial charge >= 0.3 is 0 Å². The minimum Gasteiger partial charge on any atom is -0.490 e. The number of nitrogens with zero attached hydrogens (tertiary/aromatic N) is 1. The Labute approximate surface area is 90.7 Å². The van der Waals surface area contributed by atoms with Crippen LogP contribution in [0, 0.1) is 12.8 Å². The molecule has 1 saturated carbocycles. The van der Waals surface area contributed by atoms with E-state index < -0.39 is 0 Å². The summed E-state index contributed by atoms with van der Waals surface area (Å²) in [6.45, 7) is 2.75. The van der Waals surface area contributed by atoms with Gasteiger partial charge in [0.1, 0.15) is 11.9 Å². The van der Waals surface area contributed by atoms with E-state index in [0.717, 1.165) is 24.3 Å². The van der Waals surface area contributed by atoms with Crippen molar-refractivity contribution < 1.29 is 4.74 Å². The zero-order valence-electron chi connectivity index (χ0n) is 9.15. The molecule has 3 nitrogen and oxygen atoms in total. The monoisotopic (exact) mass is 206 g/mol. The van der Waals surface area contributed by atoms with Gasteiger partial charge in [0, 0.05) is 23.9 Å². The molecule has 1 fully saturated rings. The maximum absolute atomic E-state index is 5.99. The summed E-state index contributed by atoms with van der Waals surface area (Å²) in [7, 11) is 0. The number of hydrogen-bond donors (Lipinski definition) is 1. The van der Waals surface area contributed by atoms with Gasteiger partial charge in [-0.05, 0) is 38.8 Å². The smallest absolute Gasteiger partial charge is 0.125 e. The summed E-state index contributed by atoms with van der Waals surface area (Å²) in [4.78, 5) is 4.05. The van der Waals surface area contributed by atoms with Crippen molar-refractivity contribution in [1.82, 2.24) is 4.98 Å². The number of hydrogen-bond acceptors (Lipinski definition) is 3. The Morgan fingerprint density at radius 2 is 2.40 bits per heavy atom. The van der Waals surface area contributed by atoms with Gasteiger partial charge in [0.25, 0.3) is 0 Å². The van der Waals surface area contributed by atoms with E-state index in [9.17, 15) is 0 Å². The Morgan fingerprint density at radius 3 is 3.13 bits per heavy atom. The molecule has 1 aliphatic rings. The molecule has 0 amide bonds. The van der Waals surface area contributed by atoms with Crippen LogP contribution in [0.2, 0.25) is 0 Å². The summed E-state index contributed by atoms with van der Waals surface area (Å²) >= 11 is 0. The van der Waals surface area contributed by atoms with E-state index in [0.29, 0.717) is 12.0 Å². The molecular formula is C12H18N2O. The Hall–Kier alpha value is -1.09. The number of pyridine rings is 1. The minimum atomic E-state index is 0.302. The minimum absolute atomic E-state index is 0.302. The number of rotatable bonds is 3. The van der Waals surface area contributed by atoms with Gasteiger partial charge in [0.2, 0.25) is 0 Å². The Morgan fingerprint density at radius 1 is 1.53 bits per heavy atom. The largest absolute Gasteiger partial charge is 0.490 e. The molecule has 0 bridgehead atoms. The maximum Gasteiger partial charge on any atom is 0.125 e. The topological polar surface area (TPSA) is 48.1 Å². The van der Waals surface area contributed by atoms with Crippen LogP contribution >= 0.6 is 0 Å². The van der Waals surface area contributed by atoms with Crippen molar-refractivity contribution in [3.05, 3.63) is 24.0 Å². The van der Waals surface area contributed by atoms with Gasteiger partial charge in [-0.3, -0.25) is 4.98 Å². The van der Waals surface area contributed by atoms with Crippen LogP contribution in [0.15, 0.2) is 18.5 Å². The first-order valence-corrected chi connectivity index (χ1v) is 5.58. The summed E-state index contributed by atoms with van der Waals surface area (Å²) in [6, 6.07) is 1.93. The molecule has 3 heteroatoms. The molecule has 1 aromatic heterocycles. The molecule has 1 aromatic rings. The SMILES string of the molecule is Cc1cnccc1OC1CCCC1CN. The lowest BCUT2D eigenvalue weighted by atomic mass is 10.1. The van der Waals surface area contributed by atoms with Crippen LogP contribution in [0.3, 0.4) is 0 Å². The van der Waals surface area contributed by atoms with E-state index in [1.165, 1.54) is 12.8 Å². The predicted octanol–water partition coefficient (Wildman–Crippen LogP) is 1.90. The molecule has 2 atom stereocenters. The van der Waals surface area contributed by atoms with Gasteiger partial charge < -0.3 is 10.5 Å². The average molecular weight is 206 g/mol. The summed E-state index contributed by atoms with van der Waals surface area (Å²) in [5, 5.41) is 0.